The number of aryl methyl sites for hydroxylation is 2. The van der Waals surface area contributed by atoms with Crippen LogP contribution in [-0.2, 0) is 45.0 Å². The second-order valence-corrected chi connectivity index (χ2v) is 12.7. The highest BCUT2D eigenvalue weighted by atomic mass is 35.5. The second-order valence-electron chi connectivity index (χ2n) is 9.55. The van der Waals surface area contributed by atoms with Crippen LogP contribution in [0.15, 0.2) is 60.7 Å². The Morgan fingerprint density at radius 2 is 2.15 bits per heavy atom. The van der Waals surface area contributed by atoms with Crippen molar-refractivity contribution < 1.29 is 21.7 Å². The van der Waals surface area contributed by atoms with Crippen molar-refractivity contribution in [3.05, 3.63) is 83.4 Å². The van der Waals surface area contributed by atoms with Crippen LogP contribution in [0.2, 0.25) is 0 Å². The van der Waals surface area contributed by atoms with E-state index in [2.05, 4.69) is 20.4 Å². The number of hydrogen-bond donors (Lipinski definition) is 1. The molecule has 2 aliphatic carbocycles. The molecule has 3 heterocycles. The number of rotatable bonds is 9. The van der Waals surface area contributed by atoms with Gasteiger partial charge in [0.15, 0.2) is 0 Å². The zero-order valence-corrected chi connectivity index (χ0v) is 23.8. The Kier molecular flexibility index (Phi) is 7.44. The summed E-state index contributed by atoms with van der Waals surface area (Å²) in [4.78, 5) is 11.0. The molecule has 0 aliphatic heterocycles. The maximum Gasteiger partial charge on any atom is 0.264 e. The molecule has 2 atom stereocenters. The number of thiophene rings is 1. The molecule has 0 saturated heterocycles. The maximum atomic E-state index is 13.5. The van der Waals surface area contributed by atoms with Gasteiger partial charge in [-0.1, -0.05) is 18.2 Å². The van der Waals surface area contributed by atoms with E-state index in [9.17, 15) is 12.8 Å². The molecular weight excluding hydrogens is 577 g/mol. The lowest BCUT2D eigenvalue weighted by atomic mass is 9.95. The molecule has 0 bridgehead atoms. The number of fused-ring (bicyclic) bond motifs is 5. The van der Waals surface area contributed by atoms with E-state index in [1.54, 1.807) is 22.1 Å². The van der Waals surface area contributed by atoms with Crippen molar-refractivity contribution in [2.75, 3.05) is 18.2 Å². The van der Waals surface area contributed by atoms with Crippen molar-refractivity contribution in [3.63, 3.8) is 0 Å². The van der Waals surface area contributed by atoms with Crippen LogP contribution in [0.1, 0.15) is 16.8 Å². The third-order valence-electron chi connectivity index (χ3n) is 6.61. The SMILES string of the molecule is CS(=O)(=O)OCCn1cc2c(n1)CCc1c-2sc2ncnc(NC3=CC(Cl)C(OCc4cccc(F)c4)C=C3)c12. The summed E-state index contributed by atoms with van der Waals surface area (Å²) in [6, 6.07) is 6.31. The van der Waals surface area contributed by atoms with Crippen LogP contribution >= 0.6 is 22.9 Å². The van der Waals surface area contributed by atoms with Gasteiger partial charge in [-0.05, 0) is 48.3 Å². The lowest BCUT2D eigenvalue weighted by Gasteiger charge is -2.22. The average molecular weight is 602 g/mol. The topological polar surface area (TPSA) is 108 Å². The standard InChI is InChI=1S/C27H25ClFN5O4S2/c1-40(35,36)38-10-9-34-13-20-22(33-34)7-6-19-24-26(30-15-31-27(24)39-25(19)20)32-18-5-8-23(21(28)12-18)37-14-16-3-2-4-17(29)11-16/h2-5,8,11-13,15,21,23H,6-7,9-10,14H2,1H3,(H,30,31,32). The lowest BCUT2D eigenvalue weighted by Crippen LogP contribution is -2.24. The minimum Gasteiger partial charge on any atom is -0.368 e. The van der Waals surface area contributed by atoms with Gasteiger partial charge in [-0.15, -0.1) is 22.9 Å². The Morgan fingerprint density at radius 3 is 2.95 bits per heavy atom. The van der Waals surface area contributed by atoms with Crippen LogP contribution in [0.5, 0.6) is 0 Å². The molecule has 1 aromatic carbocycles. The van der Waals surface area contributed by atoms with Gasteiger partial charge in [-0.2, -0.15) is 13.5 Å². The van der Waals surface area contributed by atoms with E-state index >= 15 is 0 Å². The largest absolute Gasteiger partial charge is 0.368 e. The first kappa shape index (κ1) is 27.0. The van der Waals surface area contributed by atoms with Crippen LogP contribution in [-0.4, -0.2) is 52.5 Å². The zero-order valence-electron chi connectivity index (χ0n) is 21.4. The molecule has 13 heteroatoms. The highest BCUT2D eigenvalue weighted by Gasteiger charge is 2.27. The summed E-state index contributed by atoms with van der Waals surface area (Å²) in [5.74, 6) is 0.393. The summed E-state index contributed by atoms with van der Waals surface area (Å²) >= 11 is 8.21. The van der Waals surface area contributed by atoms with Crippen LogP contribution in [0.3, 0.4) is 0 Å². The third-order valence-corrected chi connectivity index (χ3v) is 8.75. The normalized spacial score (nSPS) is 18.4. The molecule has 1 N–H and O–H groups in total. The molecular formula is C27H25ClFN5O4S2. The first-order valence-electron chi connectivity index (χ1n) is 12.6. The van der Waals surface area contributed by atoms with E-state index in [1.165, 1.54) is 18.5 Å². The van der Waals surface area contributed by atoms with E-state index in [4.69, 9.17) is 20.5 Å². The highest BCUT2D eigenvalue weighted by Crippen LogP contribution is 2.45. The smallest absolute Gasteiger partial charge is 0.264 e. The number of ether oxygens (including phenoxy) is 1. The quantitative estimate of drug-likeness (QED) is 0.215. The molecule has 0 fully saturated rings. The van der Waals surface area contributed by atoms with Gasteiger partial charge in [-0.25, -0.2) is 14.4 Å². The van der Waals surface area contributed by atoms with Gasteiger partial charge in [-0.3, -0.25) is 8.86 Å². The Morgan fingerprint density at radius 1 is 1.27 bits per heavy atom. The third kappa shape index (κ3) is 5.81. The van der Waals surface area contributed by atoms with Gasteiger partial charge in [0.25, 0.3) is 10.1 Å². The number of nitrogens with one attached hydrogen (secondary N) is 1. The molecule has 3 aromatic heterocycles. The fraction of sp³-hybridized carbons (Fsp3) is 0.296. The number of hydrogen-bond acceptors (Lipinski definition) is 9. The van der Waals surface area contributed by atoms with Crippen molar-refractivity contribution in [2.45, 2.75) is 37.5 Å². The van der Waals surface area contributed by atoms with E-state index in [1.807, 2.05) is 30.5 Å². The predicted octanol–water partition coefficient (Wildman–Crippen LogP) is 4.83. The van der Waals surface area contributed by atoms with Gasteiger partial charge in [0, 0.05) is 22.3 Å². The Labute approximate surface area is 239 Å². The van der Waals surface area contributed by atoms with Crippen molar-refractivity contribution in [2.24, 2.45) is 0 Å². The molecule has 9 nitrogen and oxygen atoms in total. The van der Waals surface area contributed by atoms with Crippen molar-refractivity contribution in [1.82, 2.24) is 19.7 Å². The predicted molar refractivity (Wildman–Crippen MR) is 152 cm³/mol. The highest BCUT2D eigenvalue weighted by molar-refractivity contribution is 7.85. The molecule has 0 radical (unpaired) electrons. The Hall–Kier alpha value is -3.16. The van der Waals surface area contributed by atoms with Crippen LogP contribution in [0.25, 0.3) is 20.7 Å². The van der Waals surface area contributed by atoms with Gasteiger partial charge in [0.2, 0.25) is 0 Å². The first-order chi connectivity index (χ1) is 19.2. The molecule has 6 rings (SSSR count). The van der Waals surface area contributed by atoms with Crippen LogP contribution in [0.4, 0.5) is 10.2 Å². The second kappa shape index (κ2) is 11.0. The molecule has 2 aliphatic rings. The number of halogens is 2. The molecule has 2 unspecified atom stereocenters. The van der Waals surface area contributed by atoms with Gasteiger partial charge in [0.05, 0.1) is 48.6 Å². The molecule has 0 spiro atoms. The molecule has 208 valence electrons. The van der Waals surface area contributed by atoms with Gasteiger partial charge >= 0.3 is 0 Å². The molecule has 40 heavy (non-hydrogen) atoms. The Balaban J connectivity index is 1.19. The minimum absolute atomic E-state index is 0.0269. The summed E-state index contributed by atoms with van der Waals surface area (Å²) < 4.78 is 48.5. The van der Waals surface area contributed by atoms with E-state index < -0.39 is 15.5 Å². The number of aromatic nitrogens is 4. The Bertz CT molecular complexity index is 1750. The van der Waals surface area contributed by atoms with Crippen molar-refractivity contribution in [3.8, 4) is 10.4 Å². The van der Waals surface area contributed by atoms with E-state index in [0.717, 1.165) is 62.3 Å². The van der Waals surface area contributed by atoms with Crippen LogP contribution < -0.4 is 5.32 Å². The summed E-state index contributed by atoms with van der Waals surface area (Å²) in [5, 5.41) is 8.60. The fourth-order valence-corrected chi connectivity index (χ4v) is 6.72. The summed E-state index contributed by atoms with van der Waals surface area (Å²) in [6.07, 6.45) is 11.4. The maximum absolute atomic E-state index is 13.5. The fourth-order valence-electron chi connectivity index (χ4n) is 4.83. The van der Waals surface area contributed by atoms with Crippen LogP contribution in [0, 0.1) is 5.82 Å². The lowest BCUT2D eigenvalue weighted by molar-refractivity contribution is 0.0750. The van der Waals surface area contributed by atoms with Crippen molar-refractivity contribution >= 4 is 49.1 Å². The van der Waals surface area contributed by atoms with Crippen molar-refractivity contribution in [1.29, 1.82) is 0 Å². The summed E-state index contributed by atoms with van der Waals surface area (Å²) in [7, 11) is -3.50. The molecule has 0 amide bonds. The number of anilines is 1. The number of nitrogens with zero attached hydrogens (tertiary/aromatic N) is 4. The minimum atomic E-state index is -3.50. The zero-order chi connectivity index (χ0) is 27.9. The van der Waals surface area contributed by atoms with Gasteiger partial charge in [0.1, 0.15) is 22.8 Å². The number of benzene rings is 1. The number of alkyl halides is 1. The summed E-state index contributed by atoms with van der Waals surface area (Å²) in [6.45, 7) is 0.614. The van der Waals surface area contributed by atoms with E-state index in [0.29, 0.717) is 12.4 Å². The van der Waals surface area contributed by atoms with E-state index in [-0.39, 0.29) is 25.1 Å². The molecule has 4 aromatic rings. The monoisotopic (exact) mass is 601 g/mol. The van der Waals surface area contributed by atoms with Gasteiger partial charge < -0.3 is 10.1 Å². The number of allylic oxidation sites excluding steroid dienone is 1. The average Bonchev–Trinajstić information content (AvgIpc) is 3.49. The molecule has 0 saturated carbocycles. The first-order valence-corrected chi connectivity index (χ1v) is 15.6. The summed E-state index contributed by atoms with van der Waals surface area (Å²) in [5.41, 5.74) is 4.67.